The zero-order valence-electron chi connectivity index (χ0n) is 10.4. The van der Waals surface area contributed by atoms with Crippen LogP contribution in [0.2, 0.25) is 0 Å². The van der Waals surface area contributed by atoms with Gasteiger partial charge in [-0.25, -0.2) is 0 Å². The highest BCUT2D eigenvalue weighted by Gasteiger charge is 2.24. The van der Waals surface area contributed by atoms with E-state index in [1.165, 1.54) is 11.3 Å². The lowest BCUT2D eigenvalue weighted by Crippen LogP contribution is -2.36. The molecule has 1 amide bonds. The van der Waals surface area contributed by atoms with Crippen LogP contribution < -0.4 is 0 Å². The third-order valence-electron chi connectivity index (χ3n) is 3.33. The van der Waals surface area contributed by atoms with E-state index in [9.17, 15) is 4.79 Å². The van der Waals surface area contributed by atoms with E-state index in [0.717, 1.165) is 25.1 Å². The van der Waals surface area contributed by atoms with Crippen LogP contribution in [-0.2, 0) is 24.8 Å². The SMILES string of the molecule is Cc1nn(C)c2c1CCN(C(=O)CCCCl)C2. The average Bonchev–Trinajstić information content (AvgIpc) is 2.61. The lowest BCUT2D eigenvalue weighted by molar-refractivity contribution is -0.132. The van der Waals surface area contributed by atoms with Gasteiger partial charge in [-0.2, -0.15) is 5.10 Å². The van der Waals surface area contributed by atoms with Gasteiger partial charge in [0.1, 0.15) is 0 Å². The lowest BCUT2D eigenvalue weighted by Gasteiger charge is -2.27. The maximum absolute atomic E-state index is 11.9. The molecule has 0 radical (unpaired) electrons. The largest absolute Gasteiger partial charge is 0.336 e. The zero-order valence-corrected chi connectivity index (χ0v) is 11.1. The van der Waals surface area contributed by atoms with Crippen molar-refractivity contribution in [3.8, 4) is 0 Å². The molecule has 0 N–H and O–H groups in total. The summed E-state index contributed by atoms with van der Waals surface area (Å²) in [7, 11) is 1.94. The molecule has 0 aliphatic carbocycles. The normalized spacial score (nSPS) is 14.9. The molecule has 0 atom stereocenters. The minimum absolute atomic E-state index is 0.204. The molecule has 0 saturated carbocycles. The van der Waals surface area contributed by atoms with Gasteiger partial charge >= 0.3 is 0 Å². The van der Waals surface area contributed by atoms with Gasteiger partial charge in [-0.05, 0) is 25.3 Å². The number of aryl methyl sites for hydroxylation is 2. The second-order valence-corrected chi connectivity index (χ2v) is 4.87. The molecule has 1 aliphatic rings. The van der Waals surface area contributed by atoms with E-state index in [-0.39, 0.29) is 5.91 Å². The minimum Gasteiger partial charge on any atom is -0.336 e. The summed E-state index contributed by atoms with van der Waals surface area (Å²) in [6.45, 7) is 3.53. The molecule has 17 heavy (non-hydrogen) atoms. The highest BCUT2D eigenvalue weighted by Crippen LogP contribution is 2.21. The maximum Gasteiger partial charge on any atom is 0.222 e. The number of halogens is 1. The second kappa shape index (κ2) is 5.08. The summed E-state index contributed by atoms with van der Waals surface area (Å²) >= 11 is 5.61. The molecule has 4 nitrogen and oxygen atoms in total. The van der Waals surface area contributed by atoms with Gasteiger partial charge in [0, 0.05) is 25.9 Å². The molecule has 0 bridgehead atoms. The van der Waals surface area contributed by atoms with E-state index in [4.69, 9.17) is 11.6 Å². The first-order valence-corrected chi connectivity index (χ1v) is 6.52. The van der Waals surface area contributed by atoms with Crippen LogP contribution in [0.15, 0.2) is 0 Å². The van der Waals surface area contributed by atoms with Gasteiger partial charge in [-0.15, -0.1) is 11.6 Å². The van der Waals surface area contributed by atoms with Crippen LogP contribution in [0.4, 0.5) is 0 Å². The van der Waals surface area contributed by atoms with Gasteiger partial charge in [0.15, 0.2) is 0 Å². The van der Waals surface area contributed by atoms with Crippen molar-refractivity contribution in [3.05, 3.63) is 17.0 Å². The van der Waals surface area contributed by atoms with E-state index >= 15 is 0 Å². The Labute approximate surface area is 107 Å². The fourth-order valence-electron chi connectivity index (χ4n) is 2.37. The number of rotatable bonds is 3. The third-order valence-corrected chi connectivity index (χ3v) is 3.59. The van der Waals surface area contributed by atoms with Crippen molar-refractivity contribution in [2.24, 2.45) is 7.05 Å². The quantitative estimate of drug-likeness (QED) is 0.770. The first-order valence-electron chi connectivity index (χ1n) is 5.98. The molecule has 0 aromatic carbocycles. The van der Waals surface area contributed by atoms with Gasteiger partial charge in [0.05, 0.1) is 17.9 Å². The standard InChI is InChI=1S/C12H18ClN3O/c1-9-10-5-7-16(12(17)4-3-6-13)8-11(10)15(2)14-9/h3-8H2,1-2H3. The Morgan fingerprint density at radius 2 is 2.29 bits per heavy atom. The van der Waals surface area contributed by atoms with Gasteiger partial charge in [-0.1, -0.05) is 0 Å². The Bertz CT molecular complexity index is 428. The van der Waals surface area contributed by atoms with Crippen molar-refractivity contribution >= 4 is 17.5 Å². The van der Waals surface area contributed by atoms with Gasteiger partial charge in [0.25, 0.3) is 0 Å². The van der Waals surface area contributed by atoms with Crippen molar-refractivity contribution < 1.29 is 4.79 Å². The second-order valence-electron chi connectivity index (χ2n) is 4.49. The molecule has 5 heteroatoms. The van der Waals surface area contributed by atoms with Gasteiger partial charge < -0.3 is 4.90 Å². The van der Waals surface area contributed by atoms with Crippen LogP contribution in [0, 0.1) is 6.92 Å². The van der Waals surface area contributed by atoms with Crippen LogP contribution in [0.5, 0.6) is 0 Å². The lowest BCUT2D eigenvalue weighted by atomic mass is 10.0. The van der Waals surface area contributed by atoms with E-state index in [0.29, 0.717) is 18.8 Å². The Morgan fingerprint density at radius 1 is 1.53 bits per heavy atom. The number of hydrogen-bond donors (Lipinski definition) is 0. The predicted molar refractivity (Wildman–Crippen MR) is 67.0 cm³/mol. The number of hydrogen-bond acceptors (Lipinski definition) is 2. The van der Waals surface area contributed by atoms with Crippen LogP contribution >= 0.6 is 11.6 Å². The van der Waals surface area contributed by atoms with Crippen molar-refractivity contribution in [2.75, 3.05) is 12.4 Å². The number of fused-ring (bicyclic) bond motifs is 1. The fourth-order valence-corrected chi connectivity index (χ4v) is 2.50. The molecule has 2 heterocycles. The fraction of sp³-hybridized carbons (Fsp3) is 0.667. The number of carbonyl (C=O) groups excluding carboxylic acids is 1. The molecule has 0 fully saturated rings. The van der Waals surface area contributed by atoms with Gasteiger partial charge in [0.2, 0.25) is 5.91 Å². The Kier molecular flexibility index (Phi) is 3.72. The van der Waals surface area contributed by atoms with Crippen molar-refractivity contribution in [2.45, 2.75) is 32.7 Å². The molecule has 1 aliphatic heterocycles. The zero-order chi connectivity index (χ0) is 12.4. The molecule has 1 aromatic heterocycles. The van der Waals surface area contributed by atoms with Crippen molar-refractivity contribution in [3.63, 3.8) is 0 Å². The highest BCUT2D eigenvalue weighted by molar-refractivity contribution is 6.17. The number of carbonyl (C=O) groups is 1. The molecule has 2 rings (SSSR count). The summed E-state index contributed by atoms with van der Waals surface area (Å²) in [5, 5.41) is 4.41. The Hall–Kier alpha value is -1.03. The van der Waals surface area contributed by atoms with Crippen molar-refractivity contribution in [1.29, 1.82) is 0 Å². The van der Waals surface area contributed by atoms with Crippen LogP contribution in [-0.4, -0.2) is 33.0 Å². The number of aromatic nitrogens is 2. The topological polar surface area (TPSA) is 38.1 Å². The van der Waals surface area contributed by atoms with Crippen LogP contribution in [0.3, 0.4) is 0 Å². The predicted octanol–water partition coefficient (Wildman–Crippen LogP) is 1.63. The first kappa shape index (κ1) is 12.4. The molecule has 94 valence electrons. The number of nitrogens with zero attached hydrogens (tertiary/aromatic N) is 3. The molecule has 0 saturated heterocycles. The van der Waals surface area contributed by atoms with Crippen molar-refractivity contribution in [1.82, 2.24) is 14.7 Å². The summed E-state index contributed by atoms with van der Waals surface area (Å²) in [5.41, 5.74) is 3.58. The van der Waals surface area contributed by atoms with Gasteiger partial charge in [-0.3, -0.25) is 9.48 Å². The summed E-state index contributed by atoms with van der Waals surface area (Å²) in [6.07, 6.45) is 2.23. The molecule has 0 unspecified atom stereocenters. The average molecular weight is 256 g/mol. The maximum atomic E-state index is 11.9. The summed E-state index contributed by atoms with van der Waals surface area (Å²) in [5.74, 6) is 0.755. The smallest absolute Gasteiger partial charge is 0.222 e. The Balaban J connectivity index is 2.08. The molecule has 1 aromatic rings. The first-order chi connectivity index (χ1) is 8.13. The third kappa shape index (κ3) is 2.46. The Morgan fingerprint density at radius 3 is 3.00 bits per heavy atom. The summed E-state index contributed by atoms with van der Waals surface area (Å²) in [6, 6.07) is 0. The van der Waals surface area contributed by atoms with E-state index in [1.807, 2.05) is 23.6 Å². The molecular formula is C12H18ClN3O. The minimum atomic E-state index is 0.204. The van der Waals surface area contributed by atoms with Crippen LogP contribution in [0.25, 0.3) is 0 Å². The number of alkyl halides is 1. The summed E-state index contributed by atoms with van der Waals surface area (Å²) in [4.78, 5) is 13.8. The molecular weight excluding hydrogens is 238 g/mol. The van der Waals surface area contributed by atoms with E-state index in [1.54, 1.807) is 0 Å². The monoisotopic (exact) mass is 255 g/mol. The van der Waals surface area contributed by atoms with E-state index in [2.05, 4.69) is 5.10 Å². The van der Waals surface area contributed by atoms with Crippen LogP contribution in [0.1, 0.15) is 29.8 Å². The highest BCUT2D eigenvalue weighted by atomic mass is 35.5. The van der Waals surface area contributed by atoms with E-state index < -0.39 is 0 Å². The number of amides is 1. The summed E-state index contributed by atoms with van der Waals surface area (Å²) < 4.78 is 1.89. The molecule has 0 spiro atoms.